The second-order valence-corrected chi connectivity index (χ2v) is 4.52. The smallest absolute Gasteiger partial charge is 0.248 e. The predicted molar refractivity (Wildman–Crippen MR) is 69.3 cm³/mol. The monoisotopic (exact) mass is 281 g/mol. The van der Waals surface area contributed by atoms with E-state index in [0.29, 0.717) is 10.9 Å². The lowest BCUT2D eigenvalue weighted by Crippen LogP contribution is -2.06. The van der Waals surface area contributed by atoms with Crippen molar-refractivity contribution in [3.05, 3.63) is 53.1 Å². The summed E-state index contributed by atoms with van der Waals surface area (Å²) in [7, 11) is 0. The van der Waals surface area contributed by atoms with Gasteiger partial charge in [0.1, 0.15) is 0 Å². The van der Waals surface area contributed by atoms with E-state index in [1.807, 2.05) is 0 Å². The number of hydrogen-bond donors (Lipinski definition) is 0. The highest BCUT2D eigenvalue weighted by atomic mass is 35.5. The Morgan fingerprint density at radius 3 is 2.32 bits per heavy atom. The molecule has 0 saturated carbocycles. The zero-order chi connectivity index (χ0) is 13.6. The van der Waals surface area contributed by atoms with Gasteiger partial charge in [0.25, 0.3) is 0 Å². The molecule has 0 bridgehead atoms. The first kappa shape index (κ1) is 12.2. The van der Waals surface area contributed by atoms with Crippen LogP contribution in [0.3, 0.4) is 0 Å². The lowest BCUT2D eigenvalue weighted by Gasteiger charge is -2.12. The normalized spacial score (nSPS) is 12.2. The summed E-state index contributed by atoms with van der Waals surface area (Å²) in [5, 5.41) is 0.567. The Kier molecular flexibility index (Phi) is 2.64. The van der Waals surface area contributed by atoms with Crippen molar-refractivity contribution in [2.45, 2.75) is 6.18 Å². The fourth-order valence-electron chi connectivity index (χ4n) is 2.12. The van der Waals surface area contributed by atoms with Crippen LogP contribution in [0.15, 0.2) is 42.5 Å². The summed E-state index contributed by atoms with van der Waals surface area (Å²) in [6.45, 7) is 0. The summed E-state index contributed by atoms with van der Waals surface area (Å²) in [5.41, 5.74) is 0.0751. The van der Waals surface area contributed by atoms with Gasteiger partial charge in [-0.05, 0) is 18.2 Å². The molecule has 0 aliphatic heterocycles. The van der Waals surface area contributed by atoms with Crippen molar-refractivity contribution in [2.75, 3.05) is 0 Å². The van der Waals surface area contributed by atoms with E-state index in [1.54, 1.807) is 24.3 Å². The van der Waals surface area contributed by atoms with E-state index in [1.165, 1.54) is 12.1 Å². The first-order valence-corrected chi connectivity index (χ1v) is 5.90. The number of nitrogens with zero attached hydrogens (tertiary/aromatic N) is 1. The van der Waals surface area contributed by atoms with Crippen molar-refractivity contribution in [1.82, 2.24) is 4.98 Å². The molecule has 2 aromatic carbocycles. The number of aromatic nitrogens is 1. The average molecular weight is 282 g/mol. The molecule has 0 radical (unpaired) electrons. The number of para-hydroxylation sites is 1. The van der Waals surface area contributed by atoms with E-state index >= 15 is 0 Å². The van der Waals surface area contributed by atoms with Crippen LogP contribution < -0.4 is 0 Å². The average Bonchev–Trinajstić information content (AvgIpc) is 2.37. The number of rotatable bonds is 0. The maximum Gasteiger partial charge on any atom is 0.417 e. The van der Waals surface area contributed by atoms with Gasteiger partial charge >= 0.3 is 6.18 Å². The highest BCUT2D eigenvalue weighted by Crippen LogP contribution is 2.39. The summed E-state index contributed by atoms with van der Waals surface area (Å²) >= 11 is 6.15. The van der Waals surface area contributed by atoms with Crippen molar-refractivity contribution >= 4 is 33.4 Å². The van der Waals surface area contributed by atoms with Crippen LogP contribution in [0, 0.1) is 0 Å². The SMILES string of the molecule is FC(F)(F)c1cccc2nc3ccccc3c(Cl)c12. The Morgan fingerprint density at radius 1 is 0.895 bits per heavy atom. The molecule has 0 spiro atoms. The first-order valence-electron chi connectivity index (χ1n) is 5.52. The second kappa shape index (κ2) is 4.10. The summed E-state index contributed by atoms with van der Waals surface area (Å²) in [6, 6.07) is 10.8. The summed E-state index contributed by atoms with van der Waals surface area (Å²) in [4.78, 5) is 4.23. The number of alkyl halides is 3. The molecule has 0 fully saturated rings. The third kappa shape index (κ3) is 1.92. The number of benzene rings is 2. The van der Waals surface area contributed by atoms with Gasteiger partial charge in [0.05, 0.1) is 21.6 Å². The molecule has 3 aromatic rings. The zero-order valence-electron chi connectivity index (χ0n) is 9.50. The molecular weight excluding hydrogens is 275 g/mol. The Labute approximate surface area is 111 Å². The standard InChI is InChI=1S/C14H7ClF3N/c15-13-8-4-1-2-6-10(8)19-11-7-3-5-9(12(11)13)14(16,17)18/h1-7H. The minimum atomic E-state index is -4.45. The van der Waals surface area contributed by atoms with Gasteiger partial charge < -0.3 is 0 Å². The number of hydrogen-bond acceptors (Lipinski definition) is 1. The highest BCUT2D eigenvalue weighted by molar-refractivity contribution is 6.40. The van der Waals surface area contributed by atoms with Crippen molar-refractivity contribution in [3.8, 4) is 0 Å². The number of halogens is 4. The highest BCUT2D eigenvalue weighted by Gasteiger charge is 2.33. The first-order chi connectivity index (χ1) is 8.98. The minimum Gasteiger partial charge on any atom is -0.248 e. The van der Waals surface area contributed by atoms with Gasteiger partial charge in [-0.1, -0.05) is 35.9 Å². The van der Waals surface area contributed by atoms with Gasteiger partial charge in [-0.15, -0.1) is 0 Å². The fourth-order valence-corrected chi connectivity index (χ4v) is 2.48. The van der Waals surface area contributed by atoms with Crippen molar-refractivity contribution in [3.63, 3.8) is 0 Å². The van der Waals surface area contributed by atoms with Crippen LogP contribution in [0.1, 0.15) is 5.56 Å². The molecule has 0 N–H and O–H groups in total. The molecule has 5 heteroatoms. The molecular formula is C14H7ClF3N. The predicted octanol–water partition coefficient (Wildman–Crippen LogP) is 5.06. The Hall–Kier alpha value is -1.81. The molecule has 0 saturated heterocycles. The summed E-state index contributed by atoms with van der Waals surface area (Å²) in [5.74, 6) is 0. The van der Waals surface area contributed by atoms with Gasteiger partial charge in [-0.25, -0.2) is 4.98 Å². The van der Waals surface area contributed by atoms with E-state index in [2.05, 4.69) is 4.98 Å². The van der Waals surface area contributed by atoms with Crippen LogP contribution in [0.4, 0.5) is 13.2 Å². The van der Waals surface area contributed by atoms with Gasteiger partial charge in [0, 0.05) is 10.8 Å². The minimum absolute atomic E-state index is 0.0460. The van der Waals surface area contributed by atoms with Crippen molar-refractivity contribution < 1.29 is 13.2 Å². The Balaban J connectivity index is 2.53. The molecule has 96 valence electrons. The lowest BCUT2D eigenvalue weighted by atomic mass is 10.1. The van der Waals surface area contributed by atoms with Gasteiger partial charge in [0.2, 0.25) is 0 Å². The topological polar surface area (TPSA) is 12.9 Å². The molecule has 0 atom stereocenters. The molecule has 1 aromatic heterocycles. The molecule has 0 aliphatic rings. The Bertz CT molecular complexity index is 781. The van der Waals surface area contributed by atoms with Crippen molar-refractivity contribution in [1.29, 1.82) is 0 Å². The number of fused-ring (bicyclic) bond motifs is 2. The fraction of sp³-hybridized carbons (Fsp3) is 0.0714. The second-order valence-electron chi connectivity index (χ2n) is 4.14. The Morgan fingerprint density at radius 2 is 1.58 bits per heavy atom. The van der Waals surface area contributed by atoms with Crippen LogP contribution in [-0.4, -0.2) is 4.98 Å². The quantitative estimate of drug-likeness (QED) is 0.525. The molecule has 1 heterocycles. The lowest BCUT2D eigenvalue weighted by molar-refractivity contribution is -0.136. The molecule has 0 unspecified atom stereocenters. The third-order valence-electron chi connectivity index (χ3n) is 2.95. The van der Waals surface area contributed by atoms with Gasteiger partial charge in [-0.2, -0.15) is 13.2 Å². The van der Waals surface area contributed by atoms with Crippen LogP contribution in [0.5, 0.6) is 0 Å². The molecule has 19 heavy (non-hydrogen) atoms. The van der Waals surface area contributed by atoms with Crippen LogP contribution >= 0.6 is 11.6 Å². The zero-order valence-corrected chi connectivity index (χ0v) is 10.3. The van der Waals surface area contributed by atoms with Crippen molar-refractivity contribution in [2.24, 2.45) is 0 Å². The molecule has 0 aliphatic carbocycles. The van der Waals surface area contributed by atoms with Gasteiger partial charge in [0.15, 0.2) is 0 Å². The molecule has 0 amide bonds. The number of pyridine rings is 1. The van der Waals surface area contributed by atoms with Crippen LogP contribution in [-0.2, 0) is 6.18 Å². The van der Waals surface area contributed by atoms with Gasteiger partial charge in [-0.3, -0.25) is 0 Å². The van der Waals surface area contributed by atoms with E-state index in [9.17, 15) is 13.2 Å². The van der Waals surface area contributed by atoms with E-state index in [0.717, 1.165) is 6.07 Å². The van der Waals surface area contributed by atoms with Crippen LogP contribution in [0.25, 0.3) is 21.8 Å². The maximum atomic E-state index is 13.0. The van der Waals surface area contributed by atoms with E-state index in [4.69, 9.17) is 11.6 Å². The van der Waals surface area contributed by atoms with E-state index in [-0.39, 0.29) is 15.9 Å². The summed E-state index contributed by atoms with van der Waals surface area (Å²) in [6.07, 6.45) is -4.45. The largest absolute Gasteiger partial charge is 0.417 e. The van der Waals surface area contributed by atoms with Crippen LogP contribution in [0.2, 0.25) is 5.02 Å². The molecule has 3 rings (SSSR count). The van der Waals surface area contributed by atoms with E-state index < -0.39 is 11.7 Å². The third-order valence-corrected chi connectivity index (χ3v) is 3.34. The molecule has 1 nitrogen and oxygen atoms in total. The summed E-state index contributed by atoms with van der Waals surface area (Å²) < 4.78 is 39.0. The maximum absolute atomic E-state index is 13.0.